The molecule has 0 aliphatic heterocycles. The molecule has 142 valence electrons. The van der Waals surface area contributed by atoms with Crippen molar-refractivity contribution in [3.63, 3.8) is 0 Å². The Balaban J connectivity index is 0.00000312. The maximum atomic E-state index is 12.5. The summed E-state index contributed by atoms with van der Waals surface area (Å²) in [6.45, 7) is 5.99. The molecule has 0 aromatic heterocycles. The Kier molecular flexibility index (Phi) is 7.87. The van der Waals surface area contributed by atoms with Gasteiger partial charge < -0.3 is 11.1 Å². The van der Waals surface area contributed by atoms with E-state index in [1.165, 1.54) is 0 Å². The molecular formula is C17H28ClN3O3S. The molecule has 0 bridgehead atoms. The van der Waals surface area contributed by atoms with Gasteiger partial charge in [-0.3, -0.25) is 4.79 Å². The van der Waals surface area contributed by atoms with E-state index in [1.54, 1.807) is 13.8 Å². The van der Waals surface area contributed by atoms with Gasteiger partial charge in [-0.05, 0) is 50.7 Å². The van der Waals surface area contributed by atoms with Crippen molar-refractivity contribution in [1.82, 2.24) is 10.0 Å². The molecule has 6 nitrogen and oxygen atoms in total. The predicted molar refractivity (Wildman–Crippen MR) is 101 cm³/mol. The third-order valence-corrected chi connectivity index (χ3v) is 6.07. The van der Waals surface area contributed by atoms with E-state index in [4.69, 9.17) is 5.73 Å². The summed E-state index contributed by atoms with van der Waals surface area (Å²) in [6, 6.07) is 3.70. The molecule has 0 saturated heterocycles. The van der Waals surface area contributed by atoms with Crippen LogP contribution in [0.25, 0.3) is 0 Å². The molecule has 4 N–H and O–H groups in total. The lowest BCUT2D eigenvalue weighted by Crippen LogP contribution is -2.42. The standard InChI is InChI=1S/C17H27N3O3S.ClH/c1-11-8-12(2)17(13(3)9-11)24(22,23)19-7-6-16(21)20-15(10-18)14-4-5-14;/h8-9,14-15,19H,4-7,10,18H2,1-3H3,(H,20,21);1H. The number of sulfonamides is 1. The Hall–Kier alpha value is -1.15. The molecule has 1 aliphatic carbocycles. The molecule has 25 heavy (non-hydrogen) atoms. The quantitative estimate of drug-likeness (QED) is 0.627. The van der Waals surface area contributed by atoms with Crippen LogP contribution in [0.2, 0.25) is 0 Å². The second kappa shape index (κ2) is 8.98. The number of amides is 1. The molecule has 0 heterocycles. The second-order valence-electron chi connectivity index (χ2n) is 6.62. The highest BCUT2D eigenvalue weighted by molar-refractivity contribution is 7.89. The van der Waals surface area contributed by atoms with Crippen molar-refractivity contribution in [2.75, 3.05) is 13.1 Å². The van der Waals surface area contributed by atoms with Crippen molar-refractivity contribution in [1.29, 1.82) is 0 Å². The Morgan fingerprint density at radius 1 is 1.24 bits per heavy atom. The minimum absolute atomic E-state index is 0. The summed E-state index contributed by atoms with van der Waals surface area (Å²) in [5.74, 6) is 0.311. The summed E-state index contributed by atoms with van der Waals surface area (Å²) in [5.41, 5.74) is 8.10. The first kappa shape index (κ1) is 21.9. The SMILES string of the molecule is Cc1cc(C)c(S(=O)(=O)NCCC(=O)NC(CN)C2CC2)c(C)c1.Cl. The van der Waals surface area contributed by atoms with E-state index in [-0.39, 0.29) is 37.3 Å². The second-order valence-corrected chi connectivity index (χ2v) is 8.33. The zero-order valence-electron chi connectivity index (χ0n) is 15.0. The molecule has 1 atom stereocenters. The van der Waals surface area contributed by atoms with Crippen molar-refractivity contribution in [2.24, 2.45) is 11.7 Å². The van der Waals surface area contributed by atoms with Gasteiger partial charge in [0.25, 0.3) is 0 Å². The Morgan fingerprint density at radius 3 is 2.28 bits per heavy atom. The van der Waals surface area contributed by atoms with E-state index in [9.17, 15) is 13.2 Å². The molecule has 8 heteroatoms. The van der Waals surface area contributed by atoms with Crippen LogP contribution in [0.4, 0.5) is 0 Å². The number of carbonyl (C=O) groups is 1. The van der Waals surface area contributed by atoms with Gasteiger partial charge in [0.1, 0.15) is 0 Å². The molecule has 1 aliphatic rings. The van der Waals surface area contributed by atoms with Gasteiger partial charge in [-0.15, -0.1) is 12.4 Å². The zero-order chi connectivity index (χ0) is 17.9. The lowest BCUT2D eigenvalue weighted by molar-refractivity contribution is -0.121. The first-order valence-electron chi connectivity index (χ1n) is 8.31. The summed E-state index contributed by atoms with van der Waals surface area (Å²) in [4.78, 5) is 12.2. The van der Waals surface area contributed by atoms with Crippen LogP contribution in [0.3, 0.4) is 0 Å². The largest absolute Gasteiger partial charge is 0.352 e. The topological polar surface area (TPSA) is 101 Å². The first-order chi connectivity index (χ1) is 11.2. The zero-order valence-corrected chi connectivity index (χ0v) is 16.6. The van der Waals surface area contributed by atoms with E-state index in [2.05, 4.69) is 10.0 Å². The van der Waals surface area contributed by atoms with Gasteiger partial charge >= 0.3 is 0 Å². The van der Waals surface area contributed by atoms with Crippen LogP contribution in [0.15, 0.2) is 17.0 Å². The number of nitrogens with two attached hydrogens (primary N) is 1. The normalized spacial score (nSPS) is 15.4. The molecule has 1 fully saturated rings. The van der Waals surface area contributed by atoms with E-state index >= 15 is 0 Å². The number of rotatable bonds is 8. The van der Waals surface area contributed by atoms with Crippen molar-refractivity contribution in [3.05, 3.63) is 28.8 Å². The smallest absolute Gasteiger partial charge is 0.241 e. The van der Waals surface area contributed by atoms with Gasteiger partial charge in [0.2, 0.25) is 15.9 Å². The van der Waals surface area contributed by atoms with Crippen LogP contribution < -0.4 is 15.8 Å². The summed E-state index contributed by atoms with van der Waals surface area (Å²) in [7, 11) is -3.63. The fourth-order valence-corrected chi connectivity index (χ4v) is 4.59. The Labute approximate surface area is 156 Å². The summed E-state index contributed by atoms with van der Waals surface area (Å²) < 4.78 is 27.5. The fourth-order valence-electron chi connectivity index (χ4n) is 3.11. The van der Waals surface area contributed by atoms with Crippen molar-refractivity contribution in [3.8, 4) is 0 Å². The molecule has 2 rings (SSSR count). The lowest BCUT2D eigenvalue weighted by Gasteiger charge is -2.16. The number of hydrogen-bond donors (Lipinski definition) is 3. The average molecular weight is 390 g/mol. The molecule has 1 saturated carbocycles. The Bertz CT molecular complexity index is 695. The van der Waals surface area contributed by atoms with Crippen LogP contribution in [0.1, 0.15) is 36.0 Å². The molecule has 1 aromatic rings. The average Bonchev–Trinajstić information content (AvgIpc) is 3.27. The third kappa shape index (κ3) is 5.95. The van der Waals surface area contributed by atoms with Crippen molar-refractivity contribution < 1.29 is 13.2 Å². The predicted octanol–water partition coefficient (Wildman–Crippen LogP) is 1.56. The van der Waals surface area contributed by atoms with E-state index in [0.717, 1.165) is 18.4 Å². The Morgan fingerprint density at radius 2 is 1.80 bits per heavy atom. The molecule has 0 radical (unpaired) electrons. The van der Waals surface area contributed by atoms with E-state index in [1.807, 2.05) is 19.1 Å². The molecule has 1 aromatic carbocycles. The van der Waals surface area contributed by atoms with Gasteiger partial charge in [-0.2, -0.15) is 0 Å². The number of aryl methyl sites for hydroxylation is 3. The number of nitrogens with one attached hydrogen (secondary N) is 2. The molecule has 1 unspecified atom stereocenters. The summed E-state index contributed by atoms with van der Waals surface area (Å²) in [6.07, 6.45) is 2.30. The maximum Gasteiger partial charge on any atom is 0.241 e. The number of hydrogen-bond acceptors (Lipinski definition) is 4. The lowest BCUT2D eigenvalue weighted by atomic mass is 10.1. The number of benzene rings is 1. The van der Waals surface area contributed by atoms with Gasteiger partial charge in [-0.25, -0.2) is 13.1 Å². The van der Waals surface area contributed by atoms with Crippen LogP contribution in [-0.2, 0) is 14.8 Å². The van der Waals surface area contributed by atoms with Gasteiger partial charge in [-0.1, -0.05) is 17.7 Å². The molecule has 0 spiro atoms. The van der Waals surface area contributed by atoms with Gasteiger partial charge in [0.15, 0.2) is 0 Å². The van der Waals surface area contributed by atoms with E-state index < -0.39 is 10.0 Å². The third-order valence-electron chi connectivity index (χ3n) is 4.31. The van der Waals surface area contributed by atoms with Crippen molar-refractivity contribution >= 4 is 28.3 Å². The van der Waals surface area contributed by atoms with Gasteiger partial charge in [0.05, 0.1) is 4.90 Å². The van der Waals surface area contributed by atoms with Crippen LogP contribution >= 0.6 is 12.4 Å². The summed E-state index contributed by atoms with van der Waals surface area (Å²) >= 11 is 0. The number of carbonyl (C=O) groups excluding carboxylic acids is 1. The molecular weight excluding hydrogens is 362 g/mol. The van der Waals surface area contributed by atoms with E-state index in [0.29, 0.717) is 28.5 Å². The maximum absolute atomic E-state index is 12.5. The van der Waals surface area contributed by atoms with Crippen LogP contribution in [-0.4, -0.2) is 33.5 Å². The summed E-state index contributed by atoms with van der Waals surface area (Å²) in [5, 5.41) is 2.89. The highest BCUT2D eigenvalue weighted by Crippen LogP contribution is 2.32. The highest BCUT2D eigenvalue weighted by Gasteiger charge is 2.31. The van der Waals surface area contributed by atoms with Gasteiger partial charge in [0, 0.05) is 25.6 Å². The minimum Gasteiger partial charge on any atom is -0.352 e. The molecule has 1 amide bonds. The van der Waals surface area contributed by atoms with Crippen molar-refractivity contribution in [2.45, 2.75) is 51.0 Å². The first-order valence-corrected chi connectivity index (χ1v) is 9.80. The fraction of sp³-hybridized carbons (Fsp3) is 0.588. The van der Waals surface area contributed by atoms with Crippen LogP contribution in [0.5, 0.6) is 0 Å². The minimum atomic E-state index is -3.63. The van der Waals surface area contributed by atoms with Crippen LogP contribution in [0, 0.1) is 26.7 Å². The number of halogens is 1. The highest BCUT2D eigenvalue weighted by atomic mass is 35.5. The monoisotopic (exact) mass is 389 g/mol.